The minimum atomic E-state index is 0.634. The van der Waals surface area contributed by atoms with E-state index in [9.17, 15) is 0 Å². The van der Waals surface area contributed by atoms with Gasteiger partial charge in [0.1, 0.15) is 0 Å². The van der Waals surface area contributed by atoms with Crippen LogP contribution in [0.1, 0.15) is 0 Å². The van der Waals surface area contributed by atoms with E-state index >= 15 is 0 Å². The summed E-state index contributed by atoms with van der Waals surface area (Å²) in [5, 5.41) is 10.5. The van der Waals surface area contributed by atoms with E-state index in [-0.39, 0.29) is 0 Å². The third-order valence-corrected chi connectivity index (χ3v) is 10.9. The number of para-hydroxylation sites is 1. The molecule has 4 heteroatoms. The largest absolute Gasteiger partial charge is 0.247 e. The fraction of sp³-hybridized carbons (Fsp3) is 0. The average Bonchev–Trinajstić information content (AvgIpc) is 3.28. The Hall–Kier alpha value is -7.56. The van der Waals surface area contributed by atoms with E-state index < -0.39 is 0 Å². The smallest absolute Gasteiger partial charge is 0.164 e. The fourth-order valence-corrected chi connectivity index (χ4v) is 8.16. The van der Waals surface area contributed by atoms with E-state index in [4.69, 9.17) is 19.9 Å². The summed E-state index contributed by atoms with van der Waals surface area (Å²) >= 11 is 0. The Labute approximate surface area is 323 Å². The summed E-state index contributed by atoms with van der Waals surface area (Å²) in [4.78, 5) is 20.5. The van der Waals surface area contributed by atoms with E-state index in [0.717, 1.165) is 71.5 Å². The second kappa shape index (κ2) is 13.1. The Morgan fingerprint density at radius 2 is 0.696 bits per heavy atom. The molecule has 0 spiro atoms. The fourth-order valence-electron chi connectivity index (χ4n) is 8.16. The first-order valence-electron chi connectivity index (χ1n) is 18.9. The zero-order valence-electron chi connectivity index (χ0n) is 30.3. The van der Waals surface area contributed by atoms with Crippen LogP contribution in [0.2, 0.25) is 0 Å². The topological polar surface area (TPSA) is 51.6 Å². The molecule has 0 aliphatic heterocycles. The maximum Gasteiger partial charge on any atom is 0.164 e. The van der Waals surface area contributed by atoms with E-state index in [1.165, 1.54) is 21.5 Å². The van der Waals surface area contributed by atoms with Crippen molar-refractivity contribution in [2.24, 2.45) is 0 Å². The molecule has 0 amide bonds. The Morgan fingerprint density at radius 3 is 1.30 bits per heavy atom. The van der Waals surface area contributed by atoms with Crippen molar-refractivity contribution < 1.29 is 0 Å². The van der Waals surface area contributed by atoms with Gasteiger partial charge in [-0.1, -0.05) is 188 Å². The van der Waals surface area contributed by atoms with Gasteiger partial charge in [-0.05, 0) is 49.5 Å². The van der Waals surface area contributed by atoms with Gasteiger partial charge >= 0.3 is 0 Å². The number of rotatable bonds is 5. The summed E-state index contributed by atoms with van der Waals surface area (Å²) < 4.78 is 0. The zero-order chi connectivity index (χ0) is 37.0. The van der Waals surface area contributed by atoms with Gasteiger partial charge in [-0.2, -0.15) is 0 Å². The first kappa shape index (κ1) is 31.9. The minimum absolute atomic E-state index is 0.634. The van der Waals surface area contributed by atoms with Crippen LogP contribution in [0, 0.1) is 0 Å². The van der Waals surface area contributed by atoms with E-state index in [1.54, 1.807) is 0 Å². The van der Waals surface area contributed by atoms with Gasteiger partial charge in [0.05, 0.1) is 11.2 Å². The normalized spacial score (nSPS) is 11.6. The van der Waals surface area contributed by atoms with Crippen LogP contribution in [0.25, 0.3) is 111 Å². The standard InChI is InChI=1S/C52H32N4/c1-4-16-40-35(11-1)14-9-20-43(40)51-54-50(55-52(56-51)44-21-10-15-36-12-2-5-17-41(36)44)39-29-25-34(26-30-39)33-23-27-38(28-24-33)49-46-32-31-37-13-3-6-18-42(37)48(46)45-19-7-8-22-47(45)53-49/h1-32H. The molecule has 0 saturated heterocycles. The molecule has 0 aliphatic carbocycles. The van der Waals surface area contributed by atoms with Crippen LogP contribution >= 0.6 is 0 Å². The number of hydrogen-bond donors (Lipinski definition) is 0. The van der Waals surface area contributed by atoms with E-state index in [2.05, 4.69) is 194 Å². The van der Waals surface area contributed by atoms with Crippen molar-refractivity contribution in [2.75, 3.05) is 0 Å². The second-order valence-electron chi connectivity index (χ2n) is 14.2. The van der Waals surface area contributed by atoms with Crippen LogP contribution in [0.4, 0.5) is 0 Å². The molecule has 2 heterocycles. The highest BCUT2D eigenvalue weighted by molar-refractivity contribution is 6.22. The molecule has 0 aliphatic rings. The van der Waals surface area contributed by atoms with Crippen molar-refractivity contribution in [2.45, 2.75) is 0 Å². The van der Waals surface area contributed by atoms with Crippen LogP contribution in [0.5, 0.6) is 0 Å². The third kappa shape index (κ3) is 5.39. The molecule has 0 fully saturated rings. The Balaban J connectivity index is 0.990. The summed E-state index contributed by atoms with van der Waals surface area (Å²) in [6, 6.07) is 68.1. The highest BCUT2D eigenvalue weighted by atomic mass is 15.0. The first-order chi connectivity index (χ1) is 27.7. The molecule has 4 nitrogen and oxygen atoms in total. The number of aromatic nitrogens is 4. The number of benzene rings is 9. The summed E-state index contributed by atoms with van der Waals surface area (Å²) in [5.74, 6) is 1.93. The summed E-state index contributed by atoms with van der Waals surface area (Å²) in [6.45, 7) is 0. The molecule has 11 rings (SSSR count). The molecule has 0 N–H and O–H groups in total. The molecule has 0 unspecified atom stereocenters. The van der Waals surface area contributed by atoms with Crippen LogP contribution in [-0.4, -0.2) is 19.9 Å². The lowest BCUT2D eigenvalue weighted by atomic mass is 9.94. The number of nitrogens with zero attached hydrogens (tertiary/aromatic N) is 4. The molecule has 0 atom stereocenters. The van der Waals surface area contributed by atoms with Crippen molar-refractivity contribution in [3.8, 4) is 56.5 Å². The second-order valence-corrected chi connectivity index (χ2v) is 14.2. The molecule has 9 aromatic carbocycles. The van der Waals surface area contributed by atoms with Gasteiger partial charge in [-0.15, -0.1) is 0 Å². The maximum absolute atomic E-state index is 5.20. The highest BCUT2D eigenvalue weighted by Gasteiger charge is 2.17. The van der Waals surface area contributed by atoms with Gasteiger partial charge in [-0.25, -0.2) is 19.9 Å². The first-order valence-corrected chi connectivity index (χ1v) is 18.9. The van der Waals surface area contributed by atoms with Crippen LogP contribution in [0.3, 0.4) is 0 Å². The van der Waals surface area contributed by atoms with Gasteiger partial charge in [0, 0.05) is 38.4 Å². The molecule has 11 aromatic rings. The lowest BCUT2D eigenvalue weighted by Crippen LogP contribution is -2.01. The summed E-state index contributed by atoms with van der Waals surface area (Å²) in [5.41, 5.74) is 8.19. The van der Waals surface area contributed by atoms with Crippen molar-refractivity contribution in [1.82, 2.24) is 19.9 Å². The number of fused-ring (bicyclic) bond motifs is 7. The average molecular weight is 713 g/mol. The minimum Gasteiger partial charge on any atom is -0.247 e. The van der Waals surface area contributed by atoms with Crippen molar-refractivity contribution >= 4 is 54.0 Å². The molecule has 2 aromatic heterocycles. The Kier molecular flexibility index (Phi) is 7.46. The monoisotopic (exact) mass is 712 g/mol. The quantitative estimate of drug-likeness (QED) is 0.167. The zero-order valence-corrected chi connectivity index (χ0v) is 30.3. The van der Waals surface area contributed by atoms with Crippen molar-refractivity contribution in [1.29, 1.82) is 0 Å². The number of hydrogen-bond acceptors (Lipinski definition) is 4. The molecular formula is C52H32N4. The number of pyridine rings is 1. The predicted molar refractivity (Wildman–Crippen MR) is 232 cm³/mol. The summed E-state index contributed by atoms with van der Waals surface area (Å²) in [6.07, 6.45) is 0. The van der Waals surface area contributed by atoms with Gasteiger partial charge < -0.3 is 0 Å². The van der Waals surface area contributed by atoms with Crippen molar-refractivity contribution in [3.63, 3.8) is 0 Å². The molecular weight excluding hydrogens is 681 g/mol. The van der Waals surface area contributed by atoms with Crippen LogP contribution in [-0.2, 0) is 0 Å². The lowest BCUT2D eigenvalue weighted by Gasteiger charge is -2.13. The molecule has 0 saturated carbocycles. The molecule has 0 bridgehead atoms. The molecule has 260 valence electrons. The van der Waals surface area contributed by atoms with E-state index in [0.29, 0.717) is 17.5 Å². The highest BCUT2D eigenvalue weighted by Crippen LogP contribution is 2.38. The Morgan fingerprint density at radius 1 is 0.250 bits per heavy atom. The summed E-state index contributed by atoms with van der Waals surface area (Å²) in [7, 11) is 0. The van der Waals surface area contributed by atoms with Gasteiger partial charge in [0.25, 0.3) is 0 Å². The maximum atomic E-state index is 5.20. The molecule has 56 heavy (non-hydrogen) atoms. The van der Waals surface area contributed by atoms with Gasteiger partial charge in [0.2, 0.25) is 0 Å². The van der Waals surface area contributed by atoms with Crippen LogP contribution < -0.4 is 0 Å². The van der Waals surface area contributed by atoms with Gasteiger partial charge in [0.15, 0.2) is 17.5 Å². The third-order valence-electron chi connectivity index (χ3n) is 10.9. The van der Waals surface area contributed by atoms with E-state index in [1.807, 2.05) is 0 Å². The molecule has 0 radical (unpaired) electrons. The SMILES string of the molecule is c1ccc2c(-c3nc(-c4ccc(-c5ccc(-c6nc7ccccc7c7c6ccc6ccccc67)cc5)cc4)nc(-c4cccc5ccccc45)n3)cccc2c1. The van der Waals surface area contributed by atoms with Gasteiger partial charge in [-0.3, -0.25) is 0 Å². The lowest BCUT2D eigenvalue weighted by molar-refractivity contribution is 1.08. The van der Waals surface area contributed by atoms with Crippen molar-refractivity contribution in [3.05, 3.63) is 194 Å². The predicted octanol–water partition coefficient (Wildman–Crippen LogP) is 13.4. The Bertz CT molecular complexity index is 3170. The van der Waals surface area contributed by atoms with Crippen LogP contribution in [0.15, 0.2) is 194 Å².